The molecular formula is C29H21F3N2O6. The van der Waals surface area contributed by atoms with Gasteiger partial charge in [0.05, 0.1) is 16.1 Å². The Bertz CT molecular complexity index is 1570. The zero-order chi connectivity index (χ0) is 29.0. The molecule has 4 aromatic rings. The van der Waals surface area contributed by atoms with Crippen molar-refractivity contribution in [3.05, 3.63) is 118 Å². The SMILES string of the molecule is O=C(N[C@@H](Cc1ccc(-c2cccc([N+](=O)[O-])c2)cc1)C(=O)O)c1cc(-c2ccc(C(F)(F)F)cc2)ccc1O. The van der Waals surface area contributed by atoms with Gasteiger partial charge in [0.25, 0.3) is 11.6 Å². The third-order valence-electron chi connectivity index (χ3n) is 6.17. The molecule has 0 aliphatic carbocycles. The Morgan fingerprint density at radius 1 is 0.850 bits per heavy atom. The molecule has 4 aromatic carbocycles. The summed E-state index contributed by atoms with van der Waals surface area (Å²) in [6, 6.07) is 19.4. The number of nitrogens with zero attached hydrogens (tertiary/aromatic N) is 1. The van der Waals surface area contributed by atoms with Crippen LogP contribution in [0, 0.1) is 10.1 Å². The second kappa shape index (κ2) is 11.3. The molecule has 0 bridgehead atoms. The maximum absolute atomic E-state index is 12.9. The van der Waals surface area contributed by atoms with Crippen LogP contribution in [0.15, 0.2) is 91.0 Å². The highest BCUT2D eigenvalue weighted by atomic mass is 19.4. The Labute approximate surface area is 225 Å². The largest absolute Gasteiger partial charge is 0.507 e. The molecule has 204 valence electrons. The first-order valence-corrected chi connectivity index (χ1v) is 11.8. The summed E-state index contributed by atoms with van der Waals surface area (Å²) in [6.07, 6.45) is -4.61. The summed E-state index contributed by atoms with van der Waals surface area (Å²) in [5.41, 5.74) is 1.40. The number of carboxylic acids is 1. The van der Waals surface area contributed by atoms with Crippen LogP contribution in [0.3, 0.4) is 0 Å². The fraction of sp³-hybridized carbons (Fsp3) is 0.103. The molecule has 0 aromatic heterocycles. The summed E-state index contributed by atoms with van der Waals surface area (Å²) in [4.78, 5) is 35.4. The lowest BCUT2D eigenvalue weighted by atomic mass is 9.99. The van der Waals surface area contributed by atoms with Crippen molar-refractivity contribution < 1.29 is 37.9 Å². The molecule has 0 aliphatic heterocycles. The number of nitro benzene ring substituents is 1. The van der Waals surface area contributed by atoms with E-state index in [0.29, 0.717) is 27.8 Å². The van der Waals surface area contributed by atoms with Crippen LogP contribution < -0.4 is 5.32 Å². The van der Waals surface area contributed by atoms with Gasteiger partial charge in [-0.05, 0) is 52.1 Å². The van der Waals surface area contributed by atoms with Gasteiger partial charge in [-0.25, -0.2) is 4.79 Å². The van der Waals surface area contributed by atoms with Crippen LogP contribution in [-0.4, -0.2) is 33.1 Å². The van der Waals surface area contributed by atoms with Gasteiger partial charge in [0.1, 0.15) is 11.8 Å². The minimum atomic E-state index is -4.51. The van der Waals surface area contributed by atoms with Crippen molar-refractivity contribution in [3.63, 3.8) is 0 Å². The Kier molecular flexibility index (Phi) is 7.85. The molecule has 0 unspecified atom stereocenters. The number of phenols is 1. The van der Waals surface area contributed by atoms with Crippen LogP contribution in [0.25, 0.3) is 22.3 Å². The first-order chi connectivity index (χ1) is 18.9. The fourth-order valence-electron chi connectivity index (χ4n) is 4.05. The van der Waals surface area contributed by atoms with Crippen LogP contribution in [-0.2, 0) is 17.4 Å². The smallest absolute Gasteiger partial charge is 0.416 e. The summed E-state index contributed by atoms with van der Waals surface area (Å²) in [5, 5.41) is 33.4. The van der Waals surface area contributed by atoms with Gasteiger partial charge in [0.2, 0.25) is 0 Å². The number of alkyl halides is 3. The zero-order valence-corrected chi connectivity index (χ0v) is 20.6. The second-order valence-corrected chi connectivity index (χ2v) is 8.88. The molecule has 0 spiro atoms. The standard InChI is InChI=1S/C29H21F3N2O6/c30-29(31,32)22-11-8-19(9-12-22)21-10-13-26(35)24(16-21)27(36)33-25(28(37)38)14-17-4-6-18(7-5-17)20-2-1-3-23(15-20)34(39)40/h1-13,15-16,25,35H,14H2,(H,33,36)(H,37,38)/t25-/m0/s1. The summed E-state index contributed by atoms with van der Waals surface area (Å²) in [7, 11) is 0. The number of rotatable bonds is 8. The molecule has 8 nitrogen and oxygen atoms in total. The molecule has 11 heteroatoms. The van der Waals surface area contributed by atoms with Crippen molar-refractivity contribution >= 4 is 17.6 Å². The summed E-state index contributed by atoms with van der Waals surface area (Å²) in [5.74, 6) is -2.64. The Balaban J connectivity index is 1.50. The molecular weight excluding hydrogens is 529 g/mol. The number of nitrogens with one attached hydrogen (secondary N) is 1. The molecule has 0 heterocycles. The van der Waals surface area contributed by atoms with E-state index in [1.54, 1.807) is 36.4 Å². The summed E-state index contributed by atoms with van der Waals surface area (Å²) in [6.45, 7) is 0. The van der Waals surface area contributed by atoms with Crippen molar-refractivity contribution in [2.45, 2.75) is 18.6 Å². The lowest BCUT2D eigenvalue weighted by molar-refractivity contribution is -0.384. The van der Waals surface area contributed by atoms with Gasteiger partial charge < -0.3 is 15.5 Å². The quantitative estimate of drug-likeness (QED) is 0.180. The molecule has 0 saturated heterocycles. The average molecular weight is 550 g/mol. The number of aromatic hydroxyl groups is 1. The monoisotopic (exact) mass is 550 g/mol. The number of benzene rings is 4. The number of carboxylic acid groups (broad SMARTS) is 1. The minimum absolute atomic E-state index is 0.0686. The van der Waals surface area contributed by atoms with E-state index in [0.717, 1.165) is 12.1 Å². The van der Waals surface area contributed by atoms with E-state index in [1.807, 2.05) is 0 Å². The summed E-state index contributed by atoms with van der Waals surface area (Å²) >= 11 is 0. The van der Waals surface area contributed by atoms with Gasteiger partial charge in [-0.3, -0.25) is 14.9 Å². The number of carbonyl (C=O) groups is 2. The van der Waals surface area contributed by atoms with Crippen LogP contribution >= 0.6 is 0 Å². The normalized spacial score (nSPS) is 12.0. The highest BCUT2D eigenvalue weighted by Crippen LogP contribution is 2.32. The number of carbonyl (C=O) groups excluding carboxylic acids is 1. The van der Waals surface area contributed by atoms with Crippen molar-refractivity contribution in [1.82, 2.24) is 5.32 Å². The number of nitro groups is 1. The number of hydrogen-bond donors (Lipinski definition) is 3. The first-order valence-electron chi connectivity index (χ1n) is 11.8. The molecule has 4 rings (SSSR count). The molecule has 1 amide bonds. The maximum Gasteiger partial charge on any atom is 0.416 e. The van der Waals surface area contributed by atoms with Crippen LogP contribution in [0.2, 0.25) is 0 Å². The van der Waals surface area contributed by atoms with Gasteiger partial charge >= 0.3 is 12.1 Å². The fourth-order valence-corrected chi connectivity index (χ4v) is 4.05. The van der Waals surface area contributed by atoms with Gasteiger partial charge in [0, 0.05) is 18.6 Å². The lowest BCUT2D eigenvalue weighted by Gasteiger charge is -2.16. The van der Waals surface area contributed by atoms with Crippen LogP contribution in [0.1, 0.15) is 21.5 Å². The Morgan fingerprint density at radius 3 is 2.00 bits per heavy atom. The predicted molar refractivity (Wildman–Crippen MR) is 140 cm³/mol. The summed E-state index contributed by atoms with van der Waals surface area (Å²) < 4.78 is 38.6. The molecule has 40 heavy (non-hydrogen) atoms. The van der Waals surface area contributed by atoms with Gasteiger partial charge in [0.15, 0.2) is 0 Å². The van der Waals surface area contributed by atoms with E-state index in [-0.39, 0.29) is 17.7 Å². The lowest BCUT2D eigenvalue weighted by Crippen LogP contribution is -2.42. The maximum atomic E-state index is 12.9. The average Bonchev–Trinajstić information content (AvgIpc) is 2.93. The number of hydrogen-bond acceptors (Lipinski definition) is 5. The third kappa shape index (κ3) is 6.44. The highest BCUT2D eigenvalue weighted by Gasteiger charge is 2.30. The number of aliphatic carboxylic acids is 1. The Hall–Kier alpha value is -5.19. The van der Waals surface area contributed by atoms with E-state index in [2.05, 4.69) is 5.32 Å². The minimum Gasteiger partial charge on any atom is -0.507 e. The Morgan fingerprint density at radius 2 is 1.43 bits per heavy atom. The van der Waals surface area contributed by atoms with Gasteiger partial charge in [-0.2, -0.15) is 13.2 Å². The predicted octanol–water partition coefficient (Wildman–Crippen LogP) is 6.08. The van der Waals surface area contributed by atoms with E-state index < -0.39 is 40.3 Å². The number of halogens is 3. The van der Waals surface area contributed by atoms with E-state index in [1.165, 1.54) is 42.5 Å². The topological polar surface area (TPSA) is 130 Å². The second-order valence-electron chi connectivity index (χ2n) is 8.88. The van der Waals surface area contributed by atoms with E-state index in [9.17, 15) is 43.1 Å². The van der Waals surface area contributed by atoms with Crippen LogP contribution in [0.4, 0.5) is 18.9 Å². The molecule has 0 fully saturated rings. The molecule has 0 radical (unpaired) electrons. The van der Waals surface area contributed by atoms with Crippen LogP contribution in [0.5, 0.6) is 5.75 Å². The van der Waals surface area contributed by atoms with Crippen molar-refractivity contribution in [2.24, 2.45) is 0 Å². The zero-order valence-electron chi connectivity index (χ0n) is 20.6. The van der Waals surface area contributed by atoms with Gasteiger partial charge in [-0.15, -0.1) is 0 Å². The number of phenolic OH excluding ortho intramolecular Hbond substituents is 1. The highest BCUT2D eigenvalue weighted by molar-refractivity contribution is 6.00. The molecule has 0 saturated carbocycles. The third-order valence-corrected chi connectivity index (χ3v) is 6.17. The molecule has 3 N–H and O–H groups in total. The van der Waals surface area contributed by atoms with Crippen molar-refractivity contribution in [3.8, 4) is 28.0 Å². The molecule has 1 atom stereocenters. The first kappa shape index (κ1) is 27.8. The van der Waals surface area contributed by atoms with E-state index >= 15 is 0 Å². The van der Waals surface area contributed by atoms with Gasteiger partial charge in [-0.1, -0.05) is 54.6 Å². The van der Waals surface area contributed by atoms with Crippen molar-refractivity contribution in [1.29, 1.82) is 0 Å². The molecule has 0 aliphatic rings. The number of non-ortho nitro benzene ring substituents is 1. The number of amides is 1. The van der Waals surface area contributed by atoms with Crippen molar-refractivity contribution in [2.75, 3.05) is 0 Å². The van der Waals surface area contributed by atoms with E-state index in [4.69, 9.17) is 0 Å².